The number of pyridine rings is 1. The van der Waals surface area contributed by atoms with Crippen molar-refractivity contribution in [1.82, 2.24) is 9.88 Å². The number of likely N-dealkylation sites (tertiary alicyclic amines) is 1. The fourth-order valence-corrected chi connectivity index (χ4v) is 3.40. The second kappa shape index (κ2) is 5.99. The molecule has 1 amide bonds. The van der Waals surface area contributed by atoms with Crippen LogP contribution in [-0.4, -0.2) is 47.7 Å². The Morgan fingerprint density at radius 2 is 2.13 bits per heavy atom. The SMILES string of the molecule is NC1CCC2CN(C(=O)c3ccc(OCC(F)(F)F)nc3)CC12. The molecule has 0 aromatic carbocycles. The molecule has 126 valence electrons. The van der Waals surface area contributed by atoms with Gasteiger partial charge in [-0.2, -0.15) is 13.2 Å². The maximum Gasteiger partial charge on any atom is 0.422 e. The Morgan fingerprint density at radius 1 is 1.35 bits per heavy atom. The smallest absolute Gasteiger partial charge is 0.422 e. The number of nitrogens with zero attached hydrogens (tertiary/aromatic N) is 2. The summed E-state index contributed by atoms with van der Waals surface area (Å²) in [5.41, 5.74) is 6.40. The summed E-state index contributed by atoms with van der Waals surface area (Å²) in [5, 5.41) is 0. The van der Waals surface area contributed by atoms with Gasteiger partial charge in [-0.15, -0.1) is 0 Å². The molecule has 3 atom stereocenters. The van der Waals surface area contributed by atoms with Crippen LogP contribution >= 0.6 is 0 Å². The number of halogens is 3. The van der Waals surface area contributed by atoms with Gasteiger partial charge in [-0.25, -0.2) is 4.98 Å². The first-order valence-corrected chi connectivity index (χ1v) is 7.54. The van der Waals surface area contributed by atoms with E-state index in [1.165, 1.54) is 18.3 Å². The van der Waals surface area contributed by atoms with Crippen molar-refractivity contribution >= 4 is 5.91 Å². The van der Waals surface area contributed by atoms with Crippen molar-refractivity contribution in [1.29, 1.82) is 0 Å². The van der Waals surface area contributed by atoms with Crippen LogP contribution in [0.3, 0.4) is 0 Å². The van der Waals surface area contributed by atoms with Gasteiger partial charge >= 0.3 is 6.18 Å². The van der Waals surface area contributed by atoms with Gasteiger partial charge in [0, 0.05) is 31.4 Å². The molecular weight excluding hydrogens is 311 g/mol. The monoisotopic (exact) mass is 329 g/mol. The quantitative estimate of drug-likeness (QED) is 0.919. The van der Waals surface area contributed by atoms with Gasteiger partial charge in [0.2, 0.25) is 5.88 Å². The molecule has 1 aliphatic carbocycles. The second-order valence-corrected chi connectivity index (χ2v) is 6.16. The van der Waals surface area contributed by atoms with Crippen LogP contribution in [0.2, 0.25) is 0 Å². The number of carbonyl (C=O) groups excluding carboxylic acids is 1. The Morgan fingerprint density at radius 3 is 2.74 bits per heavy atom. The van der Waals surface area contributed by atoms with E-state index in [9.17, 15) is 18.0 Å². The lowest BCUT2D eigenvalue weighted by atomic mass is 9.98. The summed E-state index contributed by atoms with van der Waals surface area (Å²) in [6.07, 6.45) is -1.12. The van der Waals surface area contributed by atoms with Gasteiger partial charge in [-0.1, -0.05) is 0 Å². The Labute approximate surface area is 131 Å². The maximum absolute atomic E-state index is 12.4. The van der Waals surface area contributed by atoms with E-state index < -0.39 is 12.8 Å². The Kier molecular flexibility index (Phi) is 4.18. The van der Waals surface area contributed by atoms with E-state index in [0.29, 0.717) is 30.5 Å². The van der Waals surface area contributed by atoms with Crippen LogP contribution in [0.25, 0.3) is 0 Å². The molecule has 2 fully saturated rings. The van der Waals surface area contributed by atoms with Crippen LogP contribution in [0.1, 0.15) is 23.2 Å². The number of aromatic nitrogens is 1. The van der Waals surface area contributed by atoms with Crippen LogP contribution in [0.5, 0.6) is 5.88 Å². The van der Waals surface area contributed by atoms with Crippen molar-refractivity contribution in [3.8, 4) is 5.88 Å². The summed E-state index contributed by atoms with van der Waals surface area (Å²) >= 11 is 0. The highest BCUT2D eigenvalue weighted by atomic mass is 19.4. The summed E-state index contributed by atoms with van der Waals surface area (Å²) in [6, 6.07) is 2.87. The van der Waals surface area contributed by atoms with E-state index in [4.69, 9.17) is 5.73 Å². The molecule has 2 aliphatic rings. The summed E-state index contributed by atoms with van der Waals surface area (Å²) in [4.78, 5) is 18.0. The fourth-order valence-electron chi connectivity index (χ4n) is 3.40. The van der Waals surface area contributed by atoms with Crippen molar-refractivity contribution in [2.45, 2.75) is 25.1 Å². The van der Waals surface area contributed by atoms with Gasteiger partial charge in [0.05, 0.1) is 5.56 Å². The molecule has 1 saturated carbocycles. The molecule has 2 N–H and O–H groups in total. The van der Waals surface area contributed by atoms with Crippen LogP contribution in [0.4, 0.5) is 13.2 Å². The first-order chi connectivity index (χ1) is 10.8. The molecule has 0 bridgehead atoms. The third-order valence-corrected chi connectivity index (χ3v) is 4.57. The standard InChI is InChI=1S/C15H18F3N3O2/c16-15(17,18)8-23-13-4-2-9(5-20-13)14(22)21-6-10-1-3-12(19)11(10)7-21/h2,4-5,10-12H,1,3,6-8,19H2. The number of alkyl halides is 3. The minimum Gasteiger partial charge on any atom is -0.468 e. The number of nitrogens with two attached hydrogens (primary N) is 1. The molecule has 0 radical (unpaired) electrons. The van der Waals surface area contributed by atoms with Crippen molar-refractivity contribution in [3.63, 3.8) is 0 Å². The zero-order valence-electron chi connectivity index (χ0n) is 12.4. The van der Waals surface area contributed by atoms with Crippen LogP contribution in [0, 0.1) is 11.8 Å². The molecule has 0 spiro atoms. The van der Waals surface area contributed by atoms with E-state index in [2.05, 4.69) is 9.72 Å². The van der Waals surface area contributed by atoms with E-state index in [1.54, 1.807) is 4.90 Å². The van der Waals surface area contributed by atoms with Gasteiger partial charge in [-0.3, -0.25) is 4.79 Å². The fraction of sp³-hybridized carbons (Fsp3) is 0.600. The number of rotatable bonds is 3. The highest BCUT2D eigenvalue weighted by Gasteiger charge is 2.42. The molecule has 2 heterocycles. The largest absolute Gasteiger partial charge is 0.468 e. The van der Waals surface area contributed by atoms with Crippen molar-refractivity contribution < 1.29 is 22.7 Å². The van der Waals surface area contributed by atoms with Gasteiger partial charge < -0.3 is 15.4 Å². The third-order valence-electron chi connectivity index (χ3n) is 4.57. The lowest BCUT2D eigenvalue weighted by Gasteiger charge is -2.18. The summed E-state index contributed by atoms with van der Waals surface area (Å²) in [5.74, 6) is 0.485. The average molecular weight is 329 g/mol. The highest BCUT2D eigenvalue weighted by Crippen LogP contribution is 2.37. The summed E-state index contributed by atoms with van der Waals surface area (Å²) < 4.78 is 40.7. The predicted octanol–water partition coefficient (Wildman–Crippen LogP) is 1.83. The Bertz CT molecular complexity index is 576. The lowest BCUT2D eigenvalue weighted by molar-refractivity contribution is -0.154. The summed E-state index contributed by atoms with van der Waals surface area (Å²) in [6.45, 7) is -0.0822. The van der Waals surface area contributed by atoms with Crippen molar-refractivity contribution in [2.75, 3.05) is 19.7 Å². The topological polar surface area (TPSA) is 68.5 Å². The second-order valence-electron chi connectivity index (χ2n) is 6.16. The van der Waals surface area contributed by atoms with Crippen LogP contribution < -0.4 is 10.5 Å². The molecule has 1 saturated heterocycles. The van der Waals surface area contributed by atoms with E-state index >= 15 is 0 Å². The number of fused-ring (bicyclic) bond motifs is 1. The zero-order valence-corrected chi connectivity index (χ0v) is 12.4. The number of hydrogen-bond acceptors (Lipinski definition) is 4. The molecule has 1 aliphatic heterocycles. The first-order valence-electron chi connectivity index (χ1n) is 7.54. The van der Waals surface area contributed by atoms with Gasteiger partial charge in [-0.05, 0) is 30.7 Å². The Hall–Kier alpha value is -1.83. The van der Waals surface area contributed by atoms with Gasteiger partial charge in [0.25, 0.3) is 5.91 Å². The predicted molar refractivity (Wildman–Crippen MR) is 75.9 cm³/mol. The minimum absolute atomic E-state index is 0.147. The van der Waals surface area contributed by atoms with E-state index in [0.717, 1.165) is 12.8 Å². The number of amides is 1. The maximum atomic E-state index is 12.4. The molecule has 3 unspecified atom stereocenters. The van der Waals surface area contributed by atoms with Crippen LogP contribution in [0.15, 0.2) is 18.3 Å². The van der Waals surface area contributed by atoms with Gasteiger partial charge in [0.1, 0.15) is 0 Å². The Balaban J connectivity index is 1.60. The number of ether oxygens (including phenoxy) is 1. The zero-order chi connectivity index (χ0) is 16.6. The van der Waals surface area contributed by atoms with Crippen molar-refractivity contribution in [3.05, 3.63) is 23.9 Å². The normalized spacial score (nSPS) is 27.1. The summed E-state index contributed by atoms with van der Waals surface area (Å²) in [7, 11) is 0. The average Bonchev–Trinajstić information content (AvgIpc) is 3.07. The molecule has 5 nitrogen and oxygen atoms in total. The highest BCUT2D eigenvalue weighted by molar-refractivity contribution is 5.94. The molecule has 1 aromatic heterocycles. The molecule has 8 heteroatoms. The van der Waals surface area contributed by atoms with Gasteiger partial charge in [0.15, 0.2) is 6.61 Å². The van der Waals surface area contributed by atoms with Crippen molar-refractivity contribution in [2.24, 2.45) is 17.6 Å². The lowest BCUT2D eigenvalue weighted by Crippen LogP contribution is -2.33. The minimum atomic E-state index is -4.41. The number of hydrogen-bond donors (Lipinski definition) is 1. The number of carbonyl (C=O) groups is 1. The molecule has 3 rings (SSSR count). The third kappa shape index (κ3) is 3.57. The first kappa shape index (κ1) is 16.0. The molecule has 23 heavy (non-hydrogen) atoms. The van der Waals surface area contributed by atoms with E-state index in [-0.39, 0.29) is 17.8 Å². The molecule has 1 aromatic rings. The molecular formula is C15H18F3N3O2. The van der Waals surface area contributed by atoms with E-state index in [1.807, 2.05) is 0 Å². The van der Waals surface area contributed by atoms with Crippen LogP contribution in [-0.2, 0) is 0 Å².